The first-order valence-electron chi connectivity index (χ1n) is 5.94. The van der Waals surface area contributed by atoms with Crippen molar-refractivity contribution in [2.45, 2.75) is 12.5 Å². The van der Waals surface area contributed by atoms with E-state index in [1.165, 1.54) is 0 Å². The van der Waals surface area contributed by atoms with Gasteiger partial charge in [-0.1, -0.05) is 0 Å². The highest BCUT2D eigenvalue weighted by molar-refractivity contribution is 7.91. The van der Waals surface area contributed by atoms with Crippen LogP contribution in [0.25, 0.3) is 0 Å². The van der Waals surface area contributed by atoms with Gasteiger partial charge in [0.25, 0.3) is 0 Å². The molecular weight excluding hydrogens is 258 g/mol. The van der Waals surface area contributed by atoms with Crippen molar-refractivity contribution in [3.63, 3.8) is 0 Å². The molecule has 18 heavy (non-hydrogen) atoms. The number of amides is 2. The number of piperazine rings is 1. The molecule has 0 aliphatic carbocycles. The average Bonchev–Trinajstić information content (AvgIpc) is 2.67. The van der Waals surface area contributed by atoms with Gasteiger partial charge in [-0.2, -0.15) is 0 Å². The molecule has 3 N–H and O–H groups in total. The van der Waals surface area contributed by atoms with Crippen molar-refractivity contribution in [2.24, 2.45) is 5.92 Å². The Morgan fingerprint density at radius 2 is 2.22 bits per heavy atom. The quantitative estimate of drug-likeness (QED) is 0.534. The van der Waals surface area contributed by atoms with Crippen LogP contribution in [0.4, 0.5) is 0 Å². The van der Waals surface area contributed by atoms with E-state index >= 15 is 0 Å². The van der Waals surface area contributed by atoms with Gasteiger partial charge in [0.05, 0.1) is 18.1 Å². The van der Waals surface area contributed by atoms with Gasteiger partial charge in [-0.3, -0.25) is 14.9 Å². The SMILES string of the molecule is O=C1CNC(C(=O)NCC2CCS(=O)(=O)C2)CN1. The predicted octanol–water partition coefficient (Wildman–Crippen LogP) is -2.37. The van der Waals surface area contributed by atoms with Crippen molar-refractivity contribution in [1.29, 1.82) is 0 Å². The maximum atomic E-state index is 11.7. The summed E-state index contributed by atoms with van der Waals surface area (Å²) >= 11 is 0. The van der Waals surface area contributed by atoms with E-state index < -0.39 is 15.9 Å². The summed E-state index contributed by atoms with van der Waals surface area (Å²) < 4.78 is 22.5. The Balaban J connectivity index is 1.74. The zero-order chi connectivity index (χ0) is 13.2. The molecule has 2 aliphatic rings. The van der Waals surface area contributed by atoms with Crippen LogP contribution in [0.5, 0.6) is 0 Å². The summed E-state index contributed by atoms with van der Waals surface area (Å²) in [6.07, 6.45) is 0.609. The van der Waals surface area contributed by atoms with Crippen LogP contribution in [0.15, 0.2) is 0 Å². The zero-order valence-corrected chi connectivity index (χ0v) is 10.8. The zero-order valence-electron chi connectivity index (χ0n) is 9.94. The highest BCUT2D eigenvalue weighted by Crippen LogP contribution is 2.17. The maximum absolute atomic E-state index is 11.7. The van der Waals surface area contributed by atoms with E-state index in [-0.39, 0.29) is 42.3 Å². The van der Waals surface area contributed by atoms with Crippen LogP contribution >= 0.6 is 0 Å². The van der Waals surface area contributed by atoms with Crippen LogP contribution in [0, 0.1) is 5.92 Å². The van der Waals surface area contributed by atoms with Crippen molar-refractivity contribution in [2.75, 3.05) is 31.1 Å². The van der Waals surface area contributed by atoms with Crippen molar-refractivity contribution in [3.05, 3.63) is 0 Å². The normalized spacial score (nSPS) is 30.8. The molecule has 2 aliphatic heterocycles. The van der Waals surface area contributed by atoms with Gasteiger partial charge in [-0.05, 0) is 12.3 Å². The maximum Gasteiger partial charge on any atom is 0.238 e. The van der Waals surface area contributed by atoms with E-state index in [2.05, 4.69) is 16.0 Å². The Hall–Kier alpha value is -1.15. The fourth-order valence-electron chi connectivity index (χ4n) is 2.15. The summed E-state index contributed by atoms with van der Waals surface area (Å²) in [5.74, 6) is 0.0604. The minimum atomic E-state index is -2.90. The van der Waals surface area contributed by atoms with Gasteiger partial charge in [0.15, 0.2) is 9.84 Å². The average molecular weight is 275 g/mol. The fraction of sp³-hybridized carbons (Fsp3) is 0.800. The summed E-state index contributed by atoms with van der Waals surface area (Å²) in [4.78, 5) is 22.6. The van der Waals surface area contributed by atoms with Crippen LogP contribution in [0.1, 0.15) is 6.42 Å². The molecule has 0 aromatic heterocycles. The lowest BCUT2D eigenvalue weighted by Gasteiger charge is -2.23. The van der Waals surface area contributed by atoms with E-state index in [0.29, 0.717) is 13.0 Å². The fourth-order valence-corrected chi connectivity index (χ4v) is 4.01. The third-order valence-corrected chi connectivity index (χ3v) is 5.06. The Bertz CT molecular complexity index is 438. The minimum absolute atomic E-state index is 0.0112. The lowest BCUT2D eigenvalue weighted by atomic mass is 10.1. The van der Waals surface area contributed by atoms with Crippen molar-refractivity contribution >= 4 is 21.7 Å². The van der Waals surface area contributed by atoms with Crippen LogP contribution < -0.4 is 16.0 Å². The van der Waals surface area contributed by atoms with Gasteiger partial charge in [0, 0.05) is 13.1 Å². The molecule has 0 aromatic carbocycles. The minimum Gasteiger partial charge on any atom is -0.354 e. The molecule has 2 unspecified atom stereocenters. The molecule has 2 rings (SSSR count). The van der Waals surface area contributed by atoms with E-state index in [4.69, 9.17) is 0 Å². The molecule has 0 bridgehead atoms. The first-order valence-corrected chi connectivity index (χ1v) is 7.76. The molecular formula is C10H17N3O4S. The number of sulfone groups is 1. The number of carbonyl (C=O) groups is 2. The number of nitrogens with one attached hydrogen (secondary N) is 3. The second-order valence-corrected chi connectivity index (χ2v) is 6.98. The van der Waals surface area contributed by atoms with Crippen LogP contribution in [0.2, 0.25) is 0 Å². The molecule has 0 spiro atoms. The van der Waals surface area contributed by atoms with E-state index in [1.54, 1.807) is 0 Å². The highest BCUT2D eigenvalue weighted by Gasteiger charge is 2.29. The third kappa shape index (κ3) is 3.42. The van der Waals surface area contributed by atoms with Gasteiger partial charge in [-0.15, -0.1) is 0 Å². The van der Waals surface area contributed by atoms with Crippen LogP contribution in [-0.2, 0) is 19.4 Å². The second kappa shape index (κ2) is 5.23. The molecule has 102 valence electrons. The van der Waals surface area contributed by atoms with E-state index in [9.17, 15) is 18.0 Å². The highest BCUT2D eigenvalue weighted by atomic mass is 32.2. The predicted molar refractivity (Wildman–Crippen MR) is 64.6 cm³/mol. The Kier molecular flexibility index (Phi) is 3.86. The van der Waals surface area contributed by atoms with Crippen molar-refractivity contribution in [3.8, 4) is 0 Å². The molecule has 7 nitrogen and oxygen atoms in total. The summed E-state index contributed by atoms with van der Waals surface area (Å²) in [5, 5.41) is 8.14. The van der Waals surface area contributed by atoms with Gasteiger partial charge in [0.1, 0.15) is 6.04 Å². The van der Waals surface area contributed by atoms with Gasteiger partial charge < -0.3 is 10.6 Å². The summed E-state index contributed by atoms with van der Waals surface area (Å²) in [5.41, 5.74) is 0. The molecule has 2 fully saturated rings. The Morgan fingerprint density at radius 1 is 1.44 bits per heavy atom. The van der Waals surface area contributed by atoms with Crippen LogP contribution in [0.3, 0.4) is 0 Å². The topological polar surface area (TPSA) is 104 Å². The molecule has 0 aromatic rings. The number of hydrogen-bond donors (Lipinski definition) is 3. The standard InChI is InChI=1S/C10H17N3O4S/c14-9-5-11-8(4-12-9)10(15)13-3-7-1-2-18(16,17)6-7/h7-8,11H,1-6H2,(H,12,14)(H,13,15). The van der Waals surface area contributed by atoms with Crippen molar-refractivity contribution < 1.29 is 18.0 Å². The Morgan fingerprint density at radius 3 is 2.78 bits per heavy atom. The molecule has 0 radical (unpaired) electrons. The first-order chi connectivity index (χ1) is 8.46. The third-order valence-electron chi connectivity index (χ3n) is 3.22. The monoisotopic (exact) mass is 275 g/mol. The first kappa shape index (κ1) is 13.3. The molecule has 2 atom stereocenters. The smallest absolute Gasteiger partial charge is 0.238 e. The molecule has 2 saturated heterocycles. The van der Waals surface area contributed by atoms with Gasteiger partial charge in [-0.25, -0.2) is 8.42 Å². The van der Waals surface area contributed by atoms with Crippen LogP contribution in [-0.4, -0.2) is 57.4 Å². The molecule has 2 amide bonds. The Labute approximate surface area is 106 Å². The van der Waals surface area contributed by atoms with Gasteiger partial charge >= 0.3 is 0 Å². The summed E-state index contributed by atoms with van der Waals surface area (Å²) in [6, 6.07) is -0.430. The van der Waals surface area contributed by atoms with E-state index in [1.807, 2.05) is 0 Å². The van der Waals surface area contributed by atoms with Gasteiger partial charge in [0.2, 0.25) is 11.8 Å². The largest absolute Gasteiger partial charge is 0.354 e. The summed E-state index contributed by atoms with van der Waals surface area (Å²) in [7, 11) is -2.90. The number of rotatable bonds is 3. The summed E-state index contributed by atoms with van der Waals surface area (Å²) in [6.45, 7) is 0.785. The number of carbonyl (C=O) groups excluding carboxylic acids is 2. The molecule has 0 saturated carbocycles. The van der Waals surface area contributed by atoms with Crippen molar-refractivity contribution in [1.82, 2.24) is 16.0 Å². The lowest BCUT2D eigenvalue weighted by Crippen LogP contribution is -2.58. The number of hydrogen-bond acceptors (Lipinski definition) is 5. The molecule has 2 heterocycles. The van der Waals surface area contributed by atoms with E-state index in [0.717, 1.165) is 0 Å². The second-order valence-electron chi connectivity index (χ2n) is 4.75. The molecule has 8 heteroatoms. The lowest BCUT2D eigenvalue weighted by molar-refractivity contribution is -0.126.